The second kappa shape index (κ2) is 4.82. The maximum absolute atomic E-state index is 6.36. The largest absolute Gasteiger partial charge is 0.370 e. The highest BCUT2D eigenvalue weighted by Crippen LogP contribution is 2.36. The van der Waals surface area contributed by atoms with Crippen molar-refractivity contribution >= 4 is 5.69 Å². The smallest absolute Gasteiger partial charge is 0.0404 e. The normalized spacial score (nSPS) is 23.5. The number of piperidine rings is 1. The molecule has 0 saturated carbocycles. The maximum Gasteiger partial charge on any atom is 0.0404 e. The molecular weight excluding hydrogens is 232 g/mol. The minimum Gasteiger partial charge on any atom is -0.370 e. The first-order chi connectivity index (χ1) is 8.72. The third-order valence-electron chi connectivity index (χ3n) is 4.50. The van der Waals surface area contributed by atoms with Gasteiger partial charge in [0.2, 0.25) is 0 Å². The number of anilines is 1. The Morgan fingerprint density at radius 1 is 1.21 bits per heavy atom. The monoisotopic (exact) mass is 260 g/mol. The van der Waals surface area contributed by atoms with E-state index < -0.39 is 0 Å². The molecule has 1 heterocycles. The van der Waals surface area contributed by atoms with E-state index in [9.17, 15) is 0 Å². The van der Waals surface area contributed by atoms with Gasteiger partial charge in [-0.3, -0.25) is 0 Å². The van der Waals surface area contributed by atoms with Crippen molar-refractivity contribution in [2.45, 2.75) is 52.5 Å². The van der Waals surface area contributed by atoms with E-state index in [4.69, 9.17) is 5.73 Å². The molecule has 1 saturated heterocycles. The molecule has 0 amide bonds. The second-order valence-electron chi connectivity index (χ2n) is 7.56. The van der Waals surface area contributed by atoms with Gasteiger partial charge in [0, 0.05) is 24.8 Å². The van der Waals surface area contributed by atoms with Crippen LogP contribution < -0.4 is 10.6 Å². The summed E-state index contributed by atoms with van der Waals surface area (Å²) in [5, 5.41) is 0. The zero-order valence-electron chi connectivity index (χ0n) is 13.0. The molecule has 1 unspecified atom stereocenters. The second-order valence-corrected chi connectivity index (χ2v) is 7.56. The molecule has 2 rings (SSSR count). The van der Waals surface area contributed by atoms with Crippen LogP contribution in [0.2, 0.25) is 0 Å². The first-order valence-corrected chi connectivity index (χ1v) is 7.32. The van der Waals surface area contributed by atoms with Crippen LogP contribution in [0.4, 0.5) is 5.69 Å². The van der Waals surface area contributed by atoms with Gasteiger partial charge in [-0.15, -0.1) is 0 Å². The Labute approximate surface area is 118 Å². The number of hydrogen-bond acceptors (Lipinski definition) is 2. The van der Waals surface area contributed by atoms with Crippen molar-refractivity contribution in [1.29, 1.82) is 0 Å². The Bertz CT molecular complexity index is 443. The number of hydrogen-bond donors (Lipinski definition) is 1. The predicted molar refractivity (Wildman–Crippen MR) is 83.7 cm³/mol. The van der Waals surface area contributed by atoms with Gasteiger partial charge in [-0.2, -0.15) is 0 Å². The minimum atomic E-state index is 0.174. The number of rotatable bonds is 1. The average molecular weight is 260 g/mol. The van der Waals surface area contributed by atoms with Gasteiger partial charge in [0.15, 0.2) is 0 Å². The van der Waals surface area contributed by atoms with Gasteiger partial charge < -0.3 is 10.6 Å². The Balaban J connectivity index is 2.29. The van der Waals surface area contributed by atoms with Gasteiger partial charge in [-0.1, -0.05) is 52.8 Å². The molecule has 106 valence electrons. The van der Waals surface area contributed by atoms with Gasteiger partial charge in [0.25, 0.3) is 0 Å². The number of para-hydroxylation sites is 1. The fourth-order valence-electron chi connectivity index (χ4n) is 2.79. The summed E-state index contributed by atoms with van der Waals surface area (Å²) in [7, 11) is 0. The molecule has 0 radical (unpaired) electrons. The molecule has 0 aromatic heterocycles. The van der Waals surface area contributed by atoms with Crippen LogP contribution in [-0.4, -0.2) is 19.1 Å². The molecule has 1 aliphatic heterocycles. The van der Waals surface area contributed by atoms with Crippen molar-refractivity contribution in [3.05, 3.63) is 29.8 Å². The highest BCUT2D eigenvalue weighted by atomic mass is 15.2. The van der Waals surface area contributed by atoms with E-state index in [0.717, 1.165) is 19.5 Å². The molecule has 0 aliphatic carbocycles. The summed E-state index contributed by atoms with van der Waals surface area (Å²) in [5.41, 5.74) is 9.57. The highest BCUT2D eigenvalue weighted by molar-refractivity contribution is 5.57. The van der Waals surface area contributed by atoms with E-state index in [2.05, 4.69) is 63.8 Å². The molecule has 1 aromatic rings. The summed E-state index contributed by atoms with van der Waals surface area (Å²) in [6.07, 6.45) is 1.16. The number of nitrogens with two attached hydrogens (primary N) is 1. The van der Waals surface area contributed by atoms with Crippen molar-refractivity contribution in [2.75, 3.05) is 18.0 Å². The van der Waals surface area contributed by atoms with E-state index in [1.54, 1.807) is 0 Å². The third kappa shape index (κ3) is 2.94. The van der Waals surface area contributed by atoms with Crippen LogP contribution in [0.5, 0.6) is 0 Å². The van der Waals surface area contributed by atoms with Crippen LogP contribution in [0.25, 0.3) is 0 Å². The zero-order chi connectivity index (χ0) is 14.3. The lowest BCUT2D eigenvalue weighted by Crippen LogP contribution is -2.53. The van der Waals surface area contributed by atoms with Crippen molar-refractivity contribution in [3.63, 3.8) is 0 Å². The van der Waals surface area contributed by atoms with E-state index in [1.807, 2.05) is 0 Å². The fraction of sp³-hybridized carbons (Fsp3) is 0.647. The van der Waals surface area contributed by atoms with Crippen LogP contribution in [0.15, 0.2) is 24.3 Å². The SMILES string of the molecule is CC(C)(C)c1ccccc1N1CCC(C)(C)C(N)C1. The highest BCUT2D eigenvalue weighted by Gasteiger charge is 2.34. The van der Waals surface area contributed by atoms with Crippen LogP contribution >= 0.6 is 0 Å². The van der Waals surface area contributed by atoms with Crippen molar-refractivity contribution in [3.8, 4) is 0 Å². The first kappa shape index (κ1) is 14.4. The average Bonchev–Trinajstić information content (AvgIpc) is 2.32. The summed E-state index contributed by atoms with van der Waals surface area (Å²) in [5.74, 6) is 0. The minimum absolute atomic E-state index is 0.174. The van der Waals surface area contributed by atoms with Crippen LogP contribution in [0.3, 0.4) is 0 Å². The van der Waals surface area contributed by atoms with Crippen molar-refractivity contribution in [1.82, 2.24) is 0 Å². The topological polar surface area (TPSA) is 29.3 Å². The van der Waals surface area contributed by atoms with E-state index >= 15 is 0 Å². The van der Waals surface area contributed by atoms with E-state index in [0.29, 0.717) is 0 Å². The fourth-order valence-corrected chi connectivity index (χ4v) is 2.79. The van der Waals surface area contributed by atoms with Crippen LogP contribution in [0.1, 0.15) is 46.6 Å². The molecule has 2 nitrogen and oxygen atoms in total. The van der Waals surface area contributed by atoms with Crippen LogP contribution in [-0.2, 0) is 5.41 Å². The van der Waals surface area contributed by atoms with E-state index in [-0.39, 0.29) is 16.9 Å². The maximum atomic E-state index is 6.36. The first-order valence-electron chi connectivity index (χ1n) is 7.32. The molecule has 1 aliphatic rings. The van der Waals surface area contributed by atoms with Crippen LogP contribution in [0, 0.1) is 5.41 Å². The Morgan fingerprint density at radius 2 is 1.84 bits per heavy atom. The van der Waals surface area contributed by atoms with Gasteiger partial charge in [-0.25, -0.2) is 0 Å². The van der Waals surface area contributed by atoms with Crippen molar-refractivity contribution < 1.29 is 0 Å². The molecule has 19 heavy (non-hydrogen) atoms. The Morgan fingerprint density at radius 3 is 2.42 bits per heavy atom. The van der Waals surface area contributed by atoms with E-state index in [1.165, 1.54) is 11.3 Å². The lowest BCUT2D eigenvalue weighted by molar-refractivity contribution is 0.235. The van der Waals surface area contributed by atoms with Gasteiger partial charge in [0.1, 0.15) is 0 Å². The third-order valence-corrected chi connectivity index (χ3v) is 4.50. The molecule has 1 atom stereocenters. The summed E-state index contributed by atoms with van der Waals surface area (Å²) >= 11 is 0. The quantitative estimate of drug-likeness (QED) is 0.836. The lowest BCUT2D eigenvalue weighted by atomic mass is 9.78. The van der Waals surface area contributed by atoms with Gasteiger partial charge in [-0.05, 0) is 28.9 Å². The Kier molecular flexibility index (Phi) is 3.65. The summed E-state index contributed by atoms with van der Waals surface area (Å²) < 4.78 is 0. The molecule has 0 bridgehead atoms. The van der Waals surface area contributed by atoms with Gasteiger partial charge in [0.05, 0.1) is 0 Å². The molecule has 2 heteroatoms. The van der Waals surface area contributed by atoms with Crippen molar-refractivity contribution in [2.24, 2.45) is 11.1 Å². The molecular formula is C17H28N2. The predicted octanol–water partition coefficient (Wildman–Crippen LogP) is 3.55. The Hall–Kier alpha value is -1.02. The molecule has 1 fully saturated rings. The standard InChI is InChI=1S/C17H28N2/c1-16(2,3)13-8-6-7-9-14(13)19-11-10-17(4,5)15(18)12-19/h6-9,15H,10-12,18H2,1-5H3. The van der Waals surface area contributed by atoms with Gasteiger partial charge >= 0.3 is 0 Å². The molecule has 1 aromatic carbocycles. The number of benzene rings is 1. The zero-order valence-corrected chi connectivity index (χ0v) is 13.0. The summed E-state index contributed by atoms with van der Waals surface area (Å²) in [4.78, 5) is 2.47. The lowest BCUT2D eigenvalue weighted by Gasteiger charge is -2.44. The molecule has 0 spiro atoms. The summed E-state index contributed by atoms with van der Waals surface area (Å²) in [6, 6.07) is 9.01. The molecule has 2 N–H and O–H groups in total. The number of nitrogens with zero attached hydrogens (tertiary/aromatic N) is 1. The summed E-state index contributed by atoms with van der Waals surface area (Å²) in [6.45, 7) is 13.5.